The molecular formula is C20H24N4O. The molecule has 5 heteroatoms. The van der Waals surface area contributed by atoms with Crippen molar-refractivity contribution in [2.75, 3.05) is 11.9 Å². The number of rotatable bonds is 3. The Hall–Kier alpha value is -2.27. The Kier molecular flexibility index (Phi) is 4.49. The van der Waals surface area contributed by atoms with Crippen LogP contribution in [0, 0.1) is 5.92 Å². The van der Waals surface area contributed by atoms with Gasteiger partial charge in [-0.2, -0.15) is 0 Å². The second-order valence-corrected chi connectivity index (χ2v) is 7.26. The summed E-state index contributed by atoms with van der Waals surface area (Å²) in [4.78, 5) is 21.2. The maximum atomic E-state index is 12.5. The molecule has 2 atom stereocenters. The molecule has 2 heterocycles. The largest absolute Gasteiger partial charge is 0.322 e. The Morgan fingerprint density at radius 1 is 1.20 bits per heavy atom. The molecule has 1 aromatic heterocycles. The lowest BCUT2D eigenvalue weighted by Crippen LogP contribution is -2.18. The molecule has 2 aliphatic rings. The van der Waals surface area contributed by atoms with Crippen LogP contribution in [0.4, 0.5) is 5.69 Å². The SMILES string of the molecule is CC1CCc2cc(NC(=O)c3cnc(C4CCCN4)nc3)ccc2C1. The number of carbonyl (C=O) groups excluding carboxylic acids is 1. The van der Waals surface area contributed by atoms with Crippen molar-refractivity contribution in [3.63, 3.8) is 0 Å². The lowest BCUT2D eigenvalue weighted by atomic mass is 9.85. The molecule has 1 amide bonds. The van der Waals surface area contributed by atoms with Gasteiger partial charge in [-0.1, -0.05) is 13.0 Å². The van der Waals surface area contributed by atoms with Crippen LogP contribution in [0.3, 0.4) is 0 Å². The van der Waals surface area contributed by atoms with Gasteiger partial charge in [-0.05, 0) is 67.8 Å². The second-order valence-electron chi connectivity index (χ2n) is 7.26. The number of carbonyl (C=O) groups is 1. The molecule has 2 unspecified atom stereocenters. The van der Waals surface area contributed by atoms with E-state index in [-0.39, 0.29) is 11.9 Å². The Balaban J connectivity index is 1.45. The highest BCUT2D eigenvalue weighted by atomic mass is 16.1. The summed E-state index contributed by atoms with van der Waals surface area (Å²) in [7, 11) is 0. The number of benzene rings is 1. The third-order valence-corrected chi connectivity index (χ3v) is 5.24. The molecular weight excluding hydrogens is 312 g/mol. The zero-order valence-electron chi connectivity index (χ0n) is 14.6. The van der Waals surface area contributed by atoms with Crippen LogP contribution in [0.1, 0.15) is 59.5 Å². The summed E-state index contributed by atoms with van der Waals surface area (Å²) in [5.74, 6) is 1.37. The van der Waals surface area contributed by atoms with Crippen molar-refractivity contribution >= 4 is 11.6 Å². The molecule has 25 heavy (non-hydrogen) atoms. The first-order chi connectivity index (χ1) is 12.2. The molecule has 5 nitrogen and oxygen atoms in total. The monoisotopic (exact) mass is 336 g/mol. The molecule has 0 saturated carbocycles. The summed E-state index contributed by atoms with van der Waals surface area (Å²) in [5, 5.41) is 6.34. The smallest absolute Gasteiger partial charge is 0.258 e. The highest BCUT2D eigenvalue weighted by Crippen LogP contribution is 2.27. The second kappa shape index (κ2) is 6.92. The molecule has 130 valence electrons. The van der Waals surface area contributed by atoms with Crippen molar-refractivity contribution in [1.82, 2.24) is 15.3 Å². The number of nitrogens with one attached hydrogen (secondary N) is 2. The fraction of sp³-hybridized carbons (Fsp3) is 0.450. The van der Waals surface area contributed by atoms with E-state index in [0.717, 1.165) is 49.7 Å². The van der Waals surface area contributed by atoms with Crippen LogP contribution in [0.5, 0.6) is 0 Å². The lowest BCUT2D eigenvalue weighted by Gasteiger charge is -2.22. The van der Waals surface area contributed by atoms with E-state index in [4.69, 9.17) is 0 Å². The molecule has 1 fully saturated rings. The molecule has 0 spiro atoms. The first-order valence-corrected chi connectivity index (χ1v) is 9.17. The summed E-state index contributed by atoms with van der Waals surface area (Å²) in [6.45, 7) is 3.30. The molecule has 4 rings (SSSR count). The third kappa shape index (κ3) is 3.56. The zero-order chi connectivity index (χ0) is 17.2. The number of aryl methyl sites for hydroxylation is 1. The fourth-order valence-corrected chi connectivity index (χ4v) is 3.76. The van der Waals surface area contributed by atoms with Gasteiger partial charge in [0, 0.05) is 18.1 Å². The normalized spacial score (nSPS) is 22.4. The molecule has 1 saturated heterocycles. The highest BCUT2D eigenvalue weighted by Gasteiger charge is 2.19. The molecule has 1 aromatic carbocycles. The Morgan fingerprint density at radius 2 is 2.04 bits per heavy atom. The van der Waals surface area contributed by atoms with E-state index in [1.165, 1.54) is 17.5 Å². The van der Waals surface area contributed by atoms with Crippen LogP contribution < -0.4 is 10.6 Å². The molecule has 2 aromatic rings. The van der Waals surface area contributed by atoms with Gasteiger partial charge < -0.3 is 10.6 Å². The van der Waals surface area contributed by atoms with Crippen molar-refractivity contribution in [2.45, 2.75) is 45.1 Å². The van der Waals surface area contributed by atoms with Gasteiger partial charge in [-0.25, -0.2) is 9.97 Å². The van der Waals surface area contributed by atoms with Gasteiger partial charge in [0.1, 0.15) is 5.82 Å². The third-order valence-electron chi connectivity index (χ3n) is 5.24. The minimum atomic E-state index is -0.157. The predicted octanol–water partition coefficient (Wildman–Crippen LogP) is 3.28. The average molecular weight is 336 g/mol. The van der Waals surface area contributed by atoms with Crippen LogP contribution >= 0.6 is 0 Å². The fourth-order valence-electron chi connectivity index (χ4n) is 3.76. The number of aromatic nitrogens is 2. The van der Waals surface area contributed by atoms with Crippen LogP contribution in [0.2, 0.25) is 0 Å². The first-order valence-electron chi connectivity index (χ1n) is 9.17. The van der Waals surface area contributed by atoms with Crippen molar-refractivity contribution in [3.8, 4) is 0 Å². The van der Waals surface area contributed by atoms with Crippen molar-refractivity contribution in [1.29, 1.82) is 0 Å². The summed E-state index contributed by atoms with van der Waals surface area (Å²) < 4.78 is 0. The minimum absolute atomic E-state index is 0.157. The van der Waals surface area contributed by atoms with Crippen LogP contribution in [-0.4, -0.2) is 22.4 Å². The van der Waals surface area contributed by atoms with E-state index in [0.29, 0.717) is 5.56 Å². The van der Waals surface area contributed by atoms with Gasteiger partial charge in [0.05, 0.1) is 11.6 Å². The summed E-state index contributed by atoms with van der Waals surface area (Å²) in [6, 6.07) is 6.47. The summed E-state index contributed by atoms with van der Waals surface area (Å²) in [5.41, 5.74) is 4.11. The number of amides is 1. The number of nitrogens with zero attached hydrogens (tertiary/aromatic N) is 2. The van der Waals surface area contributed by atoms with Crippen molar-refractivity contribution in [2.24, 2.45) is 5.92 Å². The van der Waals surface area contributed by atoms with Gasteiger partial charge in [-0.15, -0.1) is 0 Å². The average Bonchev–Trinajstić information content (AvgIpc) is 3.17. The highest BCUT2D eigenvalue weighted by molar-refractivity contribution is 6.03. The first kappa shape index (κ1) is 16.2. The zero-order valence-corrected chi connectivity index (χ0v) is 14.6. The molecule has 1 aliphatic heterocycles. The topological polar surface area (TPSA) is 66.9 Å². The van der Waals surface area contributed by atoms with E-state index in [1.807, 2.05) is 6.07 Å². The van der Waals surface area contributed by atoms with Gasteiger partial charge in [0.25, 0.3) is 5.91 Å². The minimum Gasteiger partial charge on any atom is -0.322 e. The van der Waals surface area contributed by atoms with Gasteiger partial charge in [0.2, 0.25) is 0 Å². The number of hydrogen-bond donors (Lipinski definition) is 2. The number of anilines is 1. The van der Waals surface area contributed by atoms with Gasteiger partial charge >= 0.3 is 0 Å². The maximum absolute atomic E-state index is 12.5. The van der Waals surface area contributed by atoms with Crippen LogP contribution in [0.15, 0.2) is 30.6 Å². The van der Waals surface area contributed by atoms with Gasteiger partial charge in [0.15, 0.2) is 0 Å². The number of fused-ring (bicyclic) bond motifs is 1. The summed E-state index contributed by atoms with van der Waals surface area (Å²) >= 11 is 0. The molecule has 1 aliphatic carbocycles. The number of hydrogen-bond acceptors (Lipinski definition) is 4. The summed E-state index contributed by atoms with van der Waals surface area (Å²) in [6.07, 6.45) is 8.89. The molecule has 0 bridgehead atoms. The Morgan fingerprint density at radius 3 is 2.80 bits per heavy atom. The molecule has 0 radical (unpaired) electrons. The van der Waals surface area contributed by atoms with E-state index < -0.39 is 0 Å². The van der Waals surface area contributed by atoms with Crippen molar-refractivity contribution in [3.05, 3.63) is 53.1 Å². The maximum Gasteiger partial charge on any atom is 0.258 e. The van der Waals surface area contributed by atoms with E-state index in [2.05, 4.69) is 39.7 Å². The van der Waals surface area contributed by atoms with Crippen molar-refractivity contribution < 1.29 is 4.79 Å². The van der Waals surface area contributed by atoms with E-state index in [9.17, 15) is 4.79 Å². The van der Waals surface area contributed by atoms with Gasteiger partial charge in [-0.3, -0.25) is 4.79 Å². The Labute approximate surface area is 148 Å². The standard InChI is InChI=1S/C20H24N4O/c1-13-4-5-15-10-17(7-6-14(15)9-13)24-20(25)16-11-22-19(23-12-16)18-3-2-8-21-18/h6-7,10-13,18,21H,2-5,8-9H2,1H3,(H,24,25). The predicted molar refractivity (Wildman–Crippen MR) is 97.6 cm³/mol. The van der Waals surface area contributed by atoms with Crippen LogP contribution in [-0.2, 0) is 12.8 Å². The Bertz CT molecular complexity index is 766. The van der Waals surface area contributed by atoms with Crippen LogP contribution in [0.25, 0.3) is 0 Å². The quantitative estimate of drug-likeness (QED) is 0.903. The van der Waals surface area contributed by atoms with E-state index in [1.54, 1.807) is 12.4 Å². The lowest BCUT2D eigenvalue weighted by molar-refractivity contribution is 0.102. The van der Waals surface area contributed by atoms with E-state index >= 15 is 0 Å². The molecule has 2 N–H and O–H groups in total.